The first-order valence-electron chi connectivity index (χ1n) is 4.23. The second-order valence-corrected chi connectivity index (χ2v) is 4.53. The van der Waals surface area contributed by atoms with Crippen molar-refractivity contribution >= 4 is 15.9 Å². The number of hydrogen-bond acceptors (Lipinski definition) is 2. The van der Waals surface area contributed by atoms with E-state index in [1.165, 1.54) is 0 Å². The normalized spacial score (nSPS) is 13.4. The van der Waals surface area contributed by atoms with E-state index < -0.39 is 0 Å². The summed E-state index contributed by atoms with van der Waals surface area (Å²) < 4.78 is 0.921. The van der Waals surface area contributed by atoms with Crippen molar-refractivity contribution in [3.63, 3.8) is 0 Å². The zero-order chi connectivity index (χ0) is 9.56. The molecule has 0 radical (unpaired) electrons. The van der Waals surface area contributed by atoms with Crippen LogP contribution in [-0.4, -0.2) is 24.3 Å². The smallest absolute Gasteiger partial charge is 0.0584 e. The molecular weight excluding hydrogens is 218 g/mol. The van der Waals surface area contributed by atoms with E-state index in [0.717, 1.165) is 17.4 Å². The molecule has 0 rings (SSSR count). The molecule has 12 heavy (non-hydrogen) atoms. The van der Waals surface area contributed by atoms with Crippen molar-refractivity contribution in [2.75, 3.05) is 13.2 Å². The highest BCUT2D eigenvalue weighted by atomic mass is 79.9. The highest BCUT2D eigenvalue weighted by Gasteiger charge is 2.08. The summed E-state index contributed by atoms with van der Waals surface area (Å²) in [5.41, 5.74) is 0. The molecule has 0 aliphatic heterocycles. The third-order valence-electron chi connectivity index (χ3n) is 1.56. The Morgan fingerprint density at radius 3 is 2.50 bits per heavy atom. The Hall–Kier alpha value is 0.140. The third kappa shape index (κ3) is 6.83. The number of aliphatic hydroxyl groups excluding tert-OH is 1. The fourth-order valence-corrected chi connectivity index (χ4v) is 1.21. The summed E-state index contributed by atoms with van der Waals surface area (Å²) in [6, 6.07) is 0.194. The van der Waals surface area contributed by atoms with Crippen LogP contribution in [0.1, 0.15) is 20.3 Å². The average molecular weight is 236 g/mol. The Kier molecular flexibility index (Phi) is 6.71. The van der Waals surface area contributed by atoms with Gasteiger partial charge in [-0.05, 0) is 12.3 Å². The molecule has 0 saturated heterocycles. The maximum absolute atomic E-state index is 8.98. The molecule has 2 N–H and O–H groups in total. The summed E-state index contributed by atoms with van der Waals surface area (Å²) in [5, 5.41) is 12.2. The molecule has 0 aliphatic carbocycles. The molecule has 0 aliphatic rings. The summed E-state index contributed by atoms with van der Waals surface area (Å²) >= 11 is 3.26. The van der Waals surface area contributed by atoms with E-state index in [0.29, 0.717) is 5.92 Å². The lowest BCUT2D eigenvalue weighted by Gasteiger charge is -2.17. The first kappa shape index (κ1) is 12.1. The topological polar surface area (TPSA) is 32.3 Å². The van der Waals surface area contributed by atoms with Crippen molar-refractivity contribution in [1.29, 1.82) is 0 Å². The molecule has 0 aromatic rings. The Morgan fingerprint density at radius 2 is 2.17 bits per heavy atom. The number of halogens is 1. The van der Waals surface area contributed by atoms with Gasteiger partial charge >= 0.3 is 0 Å². The van der Waals surface area contributed by atoms with Gasteiger partial charge in [0.25, 0.3) is 0 Å². The lowest BCUT2D eigenvalue weighted by Crippen LogP contribution is -2.34. The Bertz CT molecular complexity index is 136. The van der Waals surface area contributed by atoms with E-state index in [1.807, 2.05) is 0 Å². The second-order valence-electron chi connectivity index (χ2n) is 3.41. The third-order valence-corrected chi connectivity index (χ3v) is 1.84. The van der Waals surface area contributed by atoms with Crippen LogP contribution in [0.2, 0.25) is 0 Å². The van der Waals surface area contributed by atoms with E-state index in [1.54, 1.807) is 0 Å². The molecule has 0 spiro atoms. The van der Waals surface area contributed by atoms with E-state index >= 15 is 0 Å². The molecule has 1 unspecified atom stereocenters. The number of nitrogens with one attached hydrogen (secondary N) is 1. The highest BCUT2D eigenvalue weighted by Crippen LogP contribution is 2.05. The fourth-order valence-electron chi connectivity index (χ4n) is 1.05. The van der Waals surface area contributed by atoms with Crippen LogP contribution in [-0.2, 0) is 0 Å². The largest absolute Gasteiger partial charge is 0.395 e. The molecule has 3 heteroatoms. The molecule has 0 heterocycles. The van der Waals surface area contributed by atoms with Gasteiger partial charge in [0.05, 0.1) is 6.61 Å². The van der Waals surface area contributed by atoms with E-state index in [9.17, 15) is 0 Å². The summed E-state index contributed by atoms with van der Waals surface area (Å²) in [6.07, 6.45) is 0.997. The van der Waals surface area contributed by atoms with Crippen molar-refractivity contribution in [2.24, 2.45) is 5.92 Å². The molecule has 0 amide bonds. The minimum Gasteiger partial charge on any atom is -0.395 e. The first-order chi connectivity index (χ1) is 5.56. The minimum atomic E-state index is 0.193. The monoisotopic (exact) mass is 235 g/mol. The van der Waals surface area contributed by atoms with Crippen LogP contribution in [0.15, 0.2) is 11.1 Å². The van der Waals surface area contributed by atoms with Crippen molar-refractivity contribution in [3.8, 4) is 0 Å². The van der Waals surface area contributed by atoms with Gasteiger partial charge in [-0.1, -0.05) is 36.4 Å². The van der Waals surface area contributed by atoms with Crippen molar-refractivity contribution in [2.45, 2.75) is 26.3 Å². The summed E-state index contributed by atoms with van der Waals surface area (Å²) in [7, 11) is 0. The van der Waals surface area contributed by atoms with E-state index in [2.05, 4.69) is 41.7 Å². The van der Waals surface area contributed by atoms with Gasteiger partial charge in [-0.2, -0.15) is 0 Å². The van der Waals surface area contributed by atoms with Crippen LogP contribution in [0.4, 0.5) is 0 Å². The van der Waals surface area contributed by atoms with Gasteiger partial charge in [0.1, 0.15) is 0 Å². The molecule has 72 valence electrons. The maximum Gasteiger partial charge on any atom is 0.0584 e. The van der Waals surface area contributed by atoms with Crippen LogP contribution >= 0.6 is 15.9 Å². The standard InChI is InChI=1S/C9H18BrNO/c1-7(2)4-9(6-12)11-5-8(3)10/h7,9,11-12H,3-6H2,1-2H3. The average Bonchev–Trinajstić information content (AvgIpc) is 1.97. The van der Waals surface area contributed by atoms with Crippen LogP contribution in [0.5, 0.6) is 0 Å². The maximum atomic E-state index is 8.98. The number of aliphatic hydroxyl groups is 1. The van der Waals surface area contributed by atoms with Crippen molar-refractivity contribution < 1.29 is 5.11 Å². The van der Waals surface area contributed by atoms with Crippen LogP contribution in [0.25, 0.3) is 0 Å². The van der Waals surface area contributed by atoms with Gasteiger partial charge in [-0.15, -0.1) is 0 Å². The first-order valence-corrected chi connectivity index (χ1v) is 5.03. The molecule has 0 saturated carbocycles. The van der Waals surface area contributed by atoms with Crippen LogP contribution < -0.4 is 5.32 Å². The zero-order valence-corrected chi connectivity index (χ0v) is 9.39. The summed E-state index contributed by atoms with van der Waals surface area (Å²) in [6.45, 7) is 8.92. The highest BCUT2D eigenvalue weighted by molar-refractivity contribution is 9.11. The van der Waals surface area contributed by atoms with Crippen molar-refractivity contribution in [3.05, 3.63) is 11.1 Å². The van der Waals surface area contributed by atoms with E-state index in [-0.39, 0.29) is 12.6 Å². The number of hydrogen-bond donors (Lipinski definition) is 2. The van der Waals surface area contributed by atoms with E-state index in [4.69, 9.17) is 5.11 Å². The van der Waals surface area contributed by atoms with Gasteiger partial charge in [0.15, 0.2) is 0 Å². The van der Waals surface area contributed by atoms with Crippen molar-refractivity contribution in [1.82, 2.24) is 5.32 Å². The van der Waals surface area contributed by atoms with Gasteiger partial charge in [0.2, 0.25) is 0 Å². The quantitative estimate of drug-likeness (QED) is 0.738. The summed E-state index contributed by atoms with van der Waals surface area (Å²) in [5.74, 6) is 0.609. The molecule has 2 nitrogen and oxygen atoms in total. The molecule has 0 bridgehead atoms. The second kappa shape index (κ2) is 6.63. The number of rotatable bonds is 6. The summed E-state index contributed by atoms with van der Waals surface area (Å²) in [4.78, 5) is 0. The van der Waals surface area contributed by atoms with Gasteiger partial charge < -0.3 is 10.4 Å². The Morgan fingerprint density at radius 1 is 1.58 bits per heavy atom. The zero-order valence-electron chi connectivity index (χ0n) is 7.81. The fraction of sp³-hybridized carbons (Fsp3) is 0.778. The molecule has 0 aromatic carbocycles. The Balaban J connectivity index is 3.60. The lowest BCUT2D eigenvalue weighted by molar-refractivity contribution is 0.228. The predicted octanol–water partition coefficient (Wildman–Crippen LogP) is 1.89. The molecule has 0 aromatic heterocycles. The molecular formula is C9H18BrNO. The predicted molar refractivity (Wildman–Crippen MR) is 56.4 cm³/mol. The molecule has 1 atom stereocenters. The van der Waals surface area contributed by atoms with Gasteiger partial charge in [-0.25, -0.2) is 0 Å². The minimum absolute atomic E-state index is 0.193. The van der Waals surface area contributed by atoms with Crippen LogP contribution in [0, 0.1) is 5.92 Å². The lowest BCUT2D eigenvalue weighted by atomic mass is 10.0. The van der Waals surface area contributed by atoms with Gasteiger partial charge in [0, 0.05) is 17.1 Å². The van der Waals surface area contributed by atoms with Crippen LogP contribution in [0.3, 0.4) is 0 Å². The molecule has 0 fully saturated rings. The SMILES string of the molecule is C=C(Br)CNC(CO)CC(C)C. The Labute approximate surface area is 83.2 Å². The van der Waals surface area contributed by atoms with Gasteiger partial charge in [-0.3, -0.25) is 0 Å².